The number of rotatable bonds is 5. The molecule has 0 bridgehead atoms. The van der Waals surface area contributed by atoms with Gasteiger partial charge >= 0.3 is 0 Å². The molecular weight excluding hydrogens is 232 g/mol. The van der Waals surface area contributed by atoms with Crippen LogP contribution in [0.4, 0.5) is 0 Å². The van der Waals surface area contributed by atoms with E-state index in [-0.39, 0.29) is 11.6 Å². The number of hydrogen-bond donors (Lipinski definition) is 1. The molecule has 0 spiro atoms. The quantitative estimate of drug-likeness (QED) is 0.814. The van der Waals surface area contributed by atoms with Gasteiger partial charge in [-0.3, -0.25) is 4.79 Å². The minimum Gasteiger partial charge on any atom is -0.383 e. The van der Waals surface area contributed by atoms with E-state index in [4.69, 9.17) is 4.74 Å². The third-order valence-electron chi connectivity index (χ3n) is 2.92. The molecule has 0 radical (unpaired) electrons. The van der Waals surface area contributed by atoms with Crippen molar-refractivity contribution in [2.45, 2.75) is 19.5 Å². The van der Waals surface area contributed by atoms with E-state index in [0.717, 1.165) is 5.69 Å². The first-order valence-electron chi connectivity index (χ1n) is 5.87. The van der Waals surface area contributed by atoms with Crippen LogP contribution in [-0.4, -0.2) is 41.0 Å². The highest BCUT2D eigenvalue weighted by Crippen LogP contribution is 2.00. The van der Waals surface area contributed by atoms with Crippen LogP contribution in [0.5, 0.6) is 0 Å². The van der Waals surface area contributed by atoms with E-state index in [1.165, 1.54) is 0 Å². The largest absolute Gasteiger partial charge is 0.383 e. The number of nitrogens with one attached hydrogen (secondary N) is 1. The molecule has 1 N–H and O–H groups in total. The number of aromatic nitrogens is 3. The molecule has 98 valence electrons. The fourth-order valence-corrected chi connectivity index (χ4v) is 1.96. The van der Waals surface area contributed by atoms with Crippen LogP contribution in [0.1, 0.15) is 5.69 Å². The predicted molar refractivity (Wildman–Crippen MR) is 68.9 cm³/mol. The van der Waals surface area contributed by atoms with Crippen molar-refractivity contribution < 1.29 is 4.74 Å². The van der Waals surface area contributed by atoms with Crippen LogP contribution in [0.25, 0.3) is 5.52 Å². The maximum atomic E-state index is 12.2. The summed E-state index contributed by atoms with van der Waals surface area (Å²) in [5.41, 5.74) is 1.41. The van der Waals surface area contributed by atoms with Crippen molar-refractivity contribution in [2.24, 2.45) is 0 Å². The molecule has 18 heavy (non-hydrogen) atoms. The van der Waals surface area contributed by atoms with Gasteiger partial charge in [0.25, 0.3) is 5.56 Å². The van der Waals surface area contributed by atoms with Gasteiger partial charge in [0.1, 0.15) is 5.52 Å². The Bertz CT molecular complexity index is 587. The normalized spacial score (nSPS) is 13.1. The summed E-state index contributed by atoms with van der Waals surface area (Å²) in [7, 11) is 3.51. The van der Waals surface area contributed by atoms with Crippen molar-refractivity contribution in [3.05, 3.63) is 34.5 Å². The minimum atomic E-state index is -0.0329. The third-order valence-corrected chi connectivity index (χ3v) is 2.92. The lowest BCUT2D eigenvalue weighted by atomic mass is 10.3. The van der Waals surface area contributed by atoms with E-state index in [9.17, 15) is 4.79 Å². The summed E-state index contributed by atoms with van der Waals surface area (Å²) < 4.78 is 8.39. The molecule has 0 amide bonds. The van der Waals surface area contributed by atoms with E-state index in [1.807, 2.05) is 14.0 Å². The SMILES string of the molecule is CNC(COC)Cn1ccn2nc(C)cc2c1=O. The predicted octanol–water partition coefficient (Wildman–Crippen LogP) is 0.0388. The Kier molecular flexibility index (Phi) is 3.78. The van der Waals surface area contributed by atoms with Crippen molar-refractivity contribution in [1.29, 1.82) is 0 Å². The molecule has 2 heterocycles. The highest BCUT2D eigenvalue weighted by molar-refractivity contribution is 5.44. The zero-order valence-corrected chi connectivity index (χ0v) is 10.9. The van der Waals surface area contributed by atoms with Crippen LogP contribution in [-0.2, 0) is 11.3 Å². The number of fused-ring (bicyclic) bond motifs is 1. The van der Waals surface area contributed by atoms with Gasteiger partial charge in [0, 0.05) is 32.1 Å². The maximum absolute atomic E-state index is 12.2. The van der Waals surface area contributed by atoms with Crippen LogP contribution >= 0.6 is 0 Å². The monoisotopic (exact) mass is 250 g/mol. The average Bonchev–Trinajstić information content (AvgIpc) is 2.73. The minimum absolute atomic E-state index is 0.0329. The van der Waals surface area contributed by atoms with Crippen molar-refractivity contribution in [2.75, 3.05) is 20.8 Å². The fraction of sp³-hybridized carbons (Fsp3) is 0.500. The molecular formula is C12H18N4O2. The summed E-state index contributed by atoms with van der Waals surface area (Å²) in [5, 5.41) is 7.34. The van der Waals surface area contributed by atoms with Crippen LogP contribution in [0.15, 0.2) is 23.3 Å². The molecule has 0 aliphatic rings. The van der Waals surface area contributed by atoms with E-state index < -0.39 is 0 Å². The van der Waals surface area contributed by atoms with Crippen molar-refractivity contribution >= 4 is 5.52 Å². The first-order valence-corrected chi connectivity index (χ1v) is 5.87. The summed E-state index contributed by atoms with van der Waals surface area (Å²) in [6.07, 6.45) is 3.55. The number of nitrogens with zero attached hydrogens (tertiary/aromatic N) is 3. The van der Waals surface area contributed by atoms with Gasteiger partial charge in [-0.25, -0.2) is 4.52 Å². The number of hydrogen-bond acceptors (Lipinski definition) is 4. The van der Waals surface area contributed by atoms with Crippen molar-refractivity contribution in [3.8, 4) is 0 Å². The third kappa shape index (κ3) is 2.44. The zero-order chi connectivity index (χ0) is 13.1. The van der Waals surface area contributed by atoms with Crippen LogP contribution < -0.4 is 10.9 Å². The summed E-state index contributed by atoms with van der Waals surface area (Å²) >= 11 is 0. The molecule has 1 unspecified atom stereocenters. The second kappa shape index (κ2) is 5.32. The average molecular weight is 250 g/mol. The summed E-state index contributed by atoms with van der Waals surface area (Å²) in [6.45, 7) is 3.01. The first-order chi connectivity index (χ1) is 8.65. The highest BCUT2D eigenvalue weighted by atomic mass is 16.5. The molecule has 0 saturated carbocycles. The first kappa shape index (κ1) is 12.8. The fourth-order valence-electron chi connectivity index (χ4n) is 1.96. The topological polar surface area (TPSA) is 60.6 Å². The molecule has 0 saturated heterocycles. The number of ether oxygens (including phenoxy) is 1. The van der Waals surface area contributed by atoms with Crippen molar-refractivity contribution in [3.63, 3.8) is 0 Å². The van der Waals surface area contributed by atoms with Gasteiger partial charge in [0.05, 0.1) is 12.3 Å². The van der Waals surface area contributed by atoms with E-state index in [1.54, 1.807) is 34.7 Å². The second-order valence-corrected chi connectivity index (χ2v) is 4.31. The van der Waals surface area contributed by atoms with Gasteiger partial charge in [-0.05, 0) is 20.0 Å². The van der Waals surface area contributed by atoms with Crippen LogP contribution in [0.2, 0.25) is 0 Å². The van der Waals surface area contributed by atoms with Gasteiger partial charge in [0.2, 0.25) is 0 Å². The smallest absolute Gasteiger partial charge is 0.276 e. The zero-order valence-electron chi connectivity index (χ0n) is 10.9. The van der Waals surface area contributed by atoms with Crippen LogP contribution in [0, 0.1) is 6.92 Å². The van der Waals surface area contributed by atoms with E-state index >= 15 is 0 Å². The summed E-state index contributed by atoms with van der Waals surface area (Å²) in [5.74, 6) is 0. The Morgan fingerprint density at radius 3 is 2.94 bits per heavy atom. The van der Waals surface area contributed by atoms with Crippen LogP contribution in [0.3, 0.4) is 0 Å². The van der Waals surface area contributed by atoms with Gasteiger partial charge in [0.15, 0.2) is 0 Å². The maximum Gasteiger partial charge on any atom is 0.276 e. The Morgan fingerprint density at radius 1 is 1.50 bits per heavy atom. The summed E-state index contributed by atoms with van der Waals surface area (Å²) in [4.78, 5) is 12.2. The highest BCUT2D eigenvalue weighted by Gasteiger charge is 2.10. The standard InChI is InChI=1S/C12H18N4O2/c1-9-6-11-12(17)15(4-5-16(11)14-9)7-10(13-2)8-18-3/h4-6,10,13H,7-8H2,1-3H3. The summed E-state index contributed by atoms with van der Waals surface area (Å²) in [6, 6.07) is 1.91. The Hall–Kier alpha value is -1.66. The Balaban J connectivity index is 2.33. The lowest BCUT2D eigenvalue weighted by molar-refractivity contribution is 0.162. The molecule has 6 heteroatoms. The second-order valence-electron chi connectivity index (χ2n) is 4.31. The molecule has 0 aliphatic carbocycles. The molecule has 0 aromatic carbocycles. The van der Waals surface area contributed by atoms with Gasteiger partial charge in [-0.2, -0.15) is 5.10 Å². The molecule has 2 aromatic heterocycles. The lowest BCUT2D eigenvalue weighted by Gasteiger charge is -2.16. The molecule has 1 atom stereocenters. The number of likely N-dealkylation sites (N-methyl/N-ethyl adjacent to an activating group) is 1. The Labute approximate surface area is 105 Å². The van der Waals surface area contributed by atoms with E-state index in [2.05, 4.69) is 10.4 Å². The molecule has 2 aromatic rings. The number of aryl methyl sites for hydroxylation is 1. The molecule has 0 aliphatic heterocycles. The lowest BCUT2D eigenvalue weighted by Crippen LogP contribution is -2.37. The number of methoxy groups -OCH3 is 1. The van der Waals surface area contributed by atoms with Gasteiger partial charge in [-0.15, -0.1) is 0 Å². The Morgan fingerprint density at radius 2 is 2.28 bits per heavy atom. The van der Waals surface area contributed by atoms with Gasteiger partial charge < -0.3 is 14.6 Å². The molecule has 6 nitrogen and oxygen atoms in total. The molecule has 0 fully saturated rings. The van der Waals surface area contributed by atoms with E-state index in [0.29, 0.717) is 18.7 Å². The van der Waals surface area contributed by atoms with Gasteiger partial charge in [-0.1, -0.05) is 0 Å². The van der Waals surface area contributed by atoms with Crippen molar-refractivity contribution in [1.82, 2.24) is 19.5 Å². The molecule has 2 rings (SSSR count).